The van der Waals surface area contributed by atoms with Gasteiger partial charge in [-0.25, -0.2) is 4.98 Å². The van der Waals surface area contributed by atoms with Crippen LogP contribution >= 0.6 is 11.6 Å². The fraction of sp³-hybridized carbons (Fsp3) is 0.455. The van der Waals surface area contributed by atoms with E-state index in [9.17, 15) is 9.90 Å². The van der Waals surface area contributed by atoms with Gasteiger partial charge in [0.25, 0.3) is 5.91 Å². The number of carbonyl (C=O) groups excluding carboxylic acids is 1. The van der Waals surface area contributed by atoms with E-state index in [4.69, 9.17) is 11.6 Å². The average molecular weight is 243 g/mol. The number of nitrogens with one attached hydrogen (secondary N) is 1. The summed E-state index contributed by atoms with van der Waals surface area (Å²) in [5.41, 5.74) is 0.478. The third-order valence-electron chi connectivity index (χ3n) is 2.22. The highest BCUT2D eigenvalue weighted by atomic mass is 35.5. The molecule has 0 saturated heterocycles. The van der Waals surface area contributed by atoms with E-state index >= 15 is 0 Å². The molecule has 0 spiro atoms. The monoisotopic (exact) mass is 242 g/mol. The molecular weight excluding hydrogens is 228 g/mol. The molecule has 16 heavy (non-hydrogen) atoms. The number of nitrogens with zero attached hydrogens (tertiary/aromatic N) is 1. The highest BCUT2D eigenvalue weighted by molar-refractivity contribution is 6.29. The van der Waals surface area contributed by atoms with Crippen molar-refractivity contribution in [3.63, 3.8) is 0 Å². The smallest absolute Gasteiger partial charge is 0.251 e. The van der Waals surface area contributed by atoms with Crippen LogP contribution in [0, 0.1) is 0 Å². The van der Waals surface area contributed by atoms with Gasteiger partial charge < -0.3 is 10.4 Å². The molecule has 0 aliphatic carbocycles. The topological polar surface area (TPSA) is 62.2 Å². The van der Waals surface area contributed by atoms with E-state index in [1.54, 1.807) is 6.07 Å². The number of hydrogen-bond acceptors (Lipinski definition) is 3. The lowest BCUT2D eigenvalue weighted by molar-refractivity contribution is 0.0942. The molecule has 0 bridgehead atoms. The van der Waals surface area contributed by atoms with Crippen molar-refractivity contribution >= 4 is 17.5 Å². The standard InChI is InChI=1S/C11H15ClN2O2/c1-2-9(15)4-6-14-11(16)8-3-5-13-10(12)7-8/h3,5,7,9,15H,2,4,6H2,1H3,(H,14,16). The van der Waals surface area contributed by atoms with Gasteiger partial charge in [-0.15, -0.1) is 0 Å². The molecular formula is C11H15ClN2O2. The molecule has 1 unspecified atom stereocenters. The molecule has 5 heteroatoms. The Kier molecular flexibility index (Phi) is 5.22. The fourth-order valence-electron chi connectivity index (χ4n) is 1.20. The number of hydrogen-bond donors (Lipinski definition) is 2. The Labute approximate surface area is 99.6 Å². The van der Waals surface area contributed by atoms with E-state index in [-0.39, 0.29) is 12.0 Å². The van der Waals surface area contributed by atoms with Crippen molar-refractivity contribution in [2.24, 2.45) is 0 Å². The number of aromatic nitrogens is 1. The lowest BCUT2D eigenvalue weighted by atomic mass is 10.2. The first-order valence-corrected chi connectivity index (χ1v) is 5.59. The predicted molar refractivity (Wildman–Crippen MR) is 62.5 cm³/mol. The van der Waals surface area contributed by atoms with Crippen molar-refractivity contribution in [3.05, 3.63) is 29.0 Å². The lowest BCUT2D eigenvalue weighted by Crippen LogP contribution is -2.27. The van der Waals surface area contributed by atoms with E-state index in [1.165, 1.54) is 12.3 Å². The van der Waals surface area contributed by atoms with Crippen molar-refractivity contribution in [1.29, 1.82) is 0 Å². The molecule has 0 radical (unpaired) electrons. The van der Waals surface area contributed by atoms with Gasteiger partial charge in [0.05, 0.1) is 6.10 Å². The third-order valence-corrected chi connectivity index (χ3v) is 2.43. The Hall–Kier alpha value is -1.13. The Morgan fingerprint density at radius 3 is 3.06 bits per heavy atom. The van der Waals surface area contributed by atoms with Crippen molar-refractivity contribution < 1.29 is 9.90 Å². The maximum atomic E-state index is 11.6. The second-order valence-electron chi connectivity index (χ2n) is 3.47. The van der Waals surface area contributed by atoms with E-state index in [1.807, 2.05) is 6.92 Å². The van der Waals surface area contributed by atoms with Gasteiger partial charge in [-0.05, 0) is 25.0 Å². The SMILES string of the molecule is CCC(O)CCNC(=O)c1ccnc(Cl)c1. The fourth-order valence-corrected chi connectivity index (χ4v) is 1.38. The zero-order valence-corrected chi connectivity index (χ0v) is 9.87. The Morgan fingerprint density at radius 2 is 2.44 bits per heavy atom. The molecule has 1 heterocycles. The van der Waals surface area contributed by atoms with Crippen molar-refractivity contribution in [3.8, 4) is 0 Å². The van der Waals surface area contributed by atoms with Gasteiger partial charge in [-0.2, -0.15) is 0 Å². The van der Waals surface area contributed by atoms with Gasteiger partial charge in [0, 0.05) is 18.3 Å². The third kappa shape index (κ3) is 4.16. The van der Waals surface area contributed by atoms with Crippen LogP contribution in [0.5, 0.6) is 0 Å². The molecule has 0 aliphatic rings. The maximum Gasteiger partial charge on any atom is 0.251 e. The van der Waals surface area contributed by atoms with Gasteiger partial charge in [-0.3, -0.25) is 4.79 Å². The summed E-state index contributed by atoms with van der Waals surface area (Å²) in [6.07, 6.45) is 2.37. The van der Waals surface area contributed by atoms with Gasteiger partial charge in [-0.1, -0.05) is 18.5 Å². The normalized spacial score (nSPS) is 12.2. The number of amides is 1. The number of aliphatic hydroxyl groups is 1. The predicted octanol–water partition coefficient (Wildman–Crippen LogP) is 1.63. The molecule has 2 N–H and O–H groups in total. The Bertz CT molecular complexity index is 358. The molecule has 88 valence electrons. The van der Waals surface area contributed by atoms with Crippen LogP contribution in [0.25, 0.3) is 0 Å². The molecule has 0 saturated carbocycles. The average Bonchev–Trinajstić information content (AvgIpc) is 2.28. The molecule has 0 fully saturated rings. The first-order chi connectivity index (χ1) is 7.63. The minimum Gasteiger partial charge on any atom is -0.393 e. The van der Waals surface area contributed by atoms with Gasteiger partial charge in [0.15, 0.2) is 0 Å². The van der Waals surface area contributed by atoms with Gasteiger partial charge in [0.1, 0.15) is 5.15 Å². The number of aliphatic hydroxyl groups excluding tert-OH is 1. The molecule has 0 aromatic carbocycles. The maximum absolute atomic E-state index is 11.6. The highest BCUT2D eigenvalue weighted by Gasteiger charge is 2.06. The molecule has 1 rings (SSSR count). The first-order valence-electron chi connectivity index (χ1n) is 5.21. The Morgan fingerprint density at radius 1 is 1.69 bits per heavy atom. The van der Waals surface area contributed by atoms with Crippen LogP contribution in [0.2, 0.25) is 5.15 Å². The Balaban J connectivity index is 2.41. The first kappa shape index (κ1) is 12.9. The van der Waals surface area contributed by atoms with Crippen molar-refractivity contribution in [2.45, 2.75) is 25.9 Å². The molecule has 0 aliphatic heterocycles. The van der Waals surface area contributed by atoms with Gasteiger partial charge >= 0.3 is 0 Å². The van der Waals surface area contributed by atoms with Crippen LogP contribution in [0.4, 0.5) is 0 Å². The summed E-state index contributed by atoms with van der Waals surface area (Å²) in [6, 6.07) is 3.10. The zero-order chi connectivity index (χ0) is 12.0. The largest absolute Gasteiger partial charge is 0.393 e. The quantitative estimate of drug-likeness (QED) is 0.772. The molecule has 1 aromatic heterocycles. The van der Waals surface area contributed by atoms with E-state index in [0.717, 1.165) is 0 Å². The second kappa shape index (κ2) is 6.45. The lowest BCUT2D eigenvalue weighted by Gasteiger charge is -2.08. The van der Waals surface area contributed by atoms with Crippen molar-refractivity contribution in [2.75, 3.05) is 6.54 Å². The van der Waals surface area contributed by atoms with E-state index in [0.29, 0.717) is 30.1 Å². The number of halogens is 1. The van der Waals surface area contributed by atoms with Crippen LogP contribution in [-0.2, 0) is 0 Å². The van der Waals surface area contributed by atoms with Crippen LogP contribution in [0.1, 0.15) is 30.1 Å². The van der Waals surface area contributed by atoms with Gasteiger partial charge in [0.2, 0.25) is 0 Å². The number of pyridine rings is 1. The minimum absolute atomic E-state index is 0.201. The molecule has 1 atom stereocenters. The highest BCUT2D eigenvalue weighted by Crippen LogP contribution is 2.06. The van der Waals surface area contributed by atoms with Crippen molar-refractivity contribution in [1.82, 2.24) is 10.3 Å². The molecule has 1 amide bonds. The summed E-state index contributed by atoms with van der Waals surface area (Å²) in [5, 5.41) is 12.3. The summed E-state index contributed by atoms with van der Waals surface area (Å²) < 4.78 is 0. The van der Waals surface area contributed by atoms with E-state index in [2.05, 4.69) is 10.3 Å². The second-order valence-corrected chi connectivity index (χ2v) is 3.86. The summed E-state index contributed by atoms with van der Waals surface area (Å²) in [4.78, 5) is 15.4. The minimum atomic E-state index is -0.360. The summed E-state index contributed by atoms with van der Waals surface area (Å²) in [7, 11) is 0. The summed E-state index contributed by atoms with van der Waals surface area (Å²) >= 11 is 5.66. The molecule has 4 nitrogen and oxygen atoms in total. The number of carbonyl (C=O) groups is 1. The van der Waals surface area contributed by atoms with Crippen LogP contribution in [-0.4, -0.2) is 28.6 Å². The van der Waals surface area contributed by atoms with Crippen LogP contribution in [0.15, 0.2) is 18.3 Å². The molecule has 1 aromatic rings. The van der Waals surface area contributed by atoms with E-state index < -0.39 is 0 Å². The summed E-state index contributed by atoms with van der Waals surface area (Å²) in [6.45, 7) is 2.35. The number of rotatable bonds is 5. The van der Waals surface area contributed by atoms with Crippen LogP contribution < -0.4 is 5.32 Å². The van der Waals surface area contributed by atoms with Crippen LogP contribution in [0.3, 0.4) is 0 Å². The zero-order valence-electron chi connectivity index (χ0n) is 9.11. The summed E-state index contributed by atoms with van der Waals surface area (Å²) in [5.74, 6) is -0.201.